The topological polar surface area (TPSA) is 34.9 Å². The number of rotatable bonds is 5. The maximum atomic E-state index is 11.0. The Kier molecular flexibility index (Phi) is 3.86. The molecule has 78 valence electrons. The minimum absolute atomic E-state index is 0.0841. The van der Waals surface area contributed by atoms with Crippen LogP contribution in [0.25, 0.3) is 0 Å². The number of Topliss-reactive ketones (excluding diaryl/α,β-unsaturated/α-hetero) is 1. The van der Waals surface area contributed by atoms with Crippen LogP contribution in [0.5, 0.6) is 0 Å². The largest absolute Gasteiger partial charge is 0.294 e. The minimum Gasteiger partial charge on any atom is -0.294 e. The van der Waals surface area contributed by atoms with Crippen molar-refractivity contribution < 1.29 is 4.79 Å². The first kappa shape index (κ1) is 11.0. The van der Waals surface area contributed by atoms with E-state index >= 15 is 0 Å². The van der Waals surface area contributed by atoms with E-state index in [-0.39, 0.29) is 5.78 Å². The smallest absolute Gasteiger partial charge is 0.162 e. The van der Waals surface area contributed by atoms with Crippen LogP contribution in [0, 0.1) is 5.92 Å². The maximum Gasteiger partial charge on any atom is 0.162 e. The first-order chi connectivity index (χ1) is 6.67. The summed E-state index contributed by atoms with van der Waals surface area (Å²) in [6.07, 6.45) is 5.79. The van der Waals surface area contributed by atoms with Gasteiger partial charge in [0, 0.05) is 12.7 Å². The van der Waals surface area contributed by atoms with Gasteiger partial charge in [-0.25, -0.2) is 0 Å². The molecule has 0 atom stereocenters. The van der Waals surface area contributed by atoms with Crippen LogP contribution in [-0.2, 0) is 6.54 Å². The lowest BCUT2D eigenvalue weighted by molar-refractivity contribution is 0.101. The summed E-state index contributed by atoms with van der Waals surface area (Å²) in [4.78, 5) is 11.0. The highest BCUT2D eigenvalue weighted by Crippen LogP contribution is 2.10. The van der Waals surface area contributed by atoms with E-state index < -0.39 is 0 Å². The minimum atomic E-state index is 0.0841. The molecule has 14 heavy (non-hydrogen) atoms. The molecule has 0 aliphatic rings. The Morgan fingerprint density at radius 2 is 2.14 bits per heavy atom. The summed E-state index contributed by atoms with van der Waals surface area (Å²) in [5.74, 6) is 0.746. The predicted octanol–water partition coefficient (Wildman–Crippen LogP) is 2.52. The van der Waals surface area contributed by atoms with Gasteiger partial charge in [0.2, 0.25) is 0 Å². The van der Waals surface area contributed by atoms with Crippen LogP contribution in [0.3, 0.4) is 0 Å². The van der Waals surface area contributed by atoms with Gasteiger partial charge in [-0.05, 0) is 12.8 Å². The lowest BCUT2D eigenvalue weighted by atomic mass is 10.0. The van der Waals surface area contributed by atoms with Crippen molar-refractivity contribution in [3.8, 4) is 0 Å². The van der Waals surface area contributed by atoms with Crippen LogP contribution in [0.2, 0.25) is 0 Å². The number of carbonyl (C=O) groups excluding carboxylic acids is 1. The molecule has 0 unspecified atom stereocenters. The van der Waals surface area contributed by atoms with E-state index in [4.69, 9.17) is 0 Å². The monoisotopic (exact) mass is 194 g/mol. The van der Waals surface area contributed by atoms with E-state index in [9.17, 15) is 4.79 Å². The summed E-state index contributed by atoms with van der Waals surface area (Å²) < 4.78 is 1.87. The normalized spacial score (nSPS) is 10.9. The molecule has 0 aliphatic heterocycles. The van der Waals surface area contributed by atoms with Crippen molar-refractivity contribution in [2.75, 3.05) is 0 Å². The Hall–Kier alpha value is -1.12. The maximum absolute atomic E-state index is 11.0. The van der Waals surface area contributed by atoms with Crippen LogP contribution in [0.1, 0.15) is 44.0 Å². The third-order valence-electron chi connectivity index (χ3n) is 2.64. The molecular formula is C11H18N2O. The van der Waals surface area contributed by atoms with Crippen LogP contribution < -0.4 is 0 Å². The summed E-state index contributed by atoms with van der Waals surface area (Å²) in [5, 5.41) is 4.17. The molecule has 0 spiro atoms. The number of ketones is 1. The standard InChI is InChI=1S/C11H18N2O/c1-4-10(5-2)7-13-8-11(6-12-13)9(3)14/h6,8,10H,4-5,7H2,1-3H3. The van der Waals surface area contributed by atoms with Crippen LogP contribution in [0.15, 0.2) is 12.4 Å². The molecule has 0 bridgehead atoms. The van der Waals surface area contributed by atoms with E-state index in [1.807, 2.05) is 10.9 Å². The van der Waals surface area contributed by atoms with Gasteiger partial charge in [0.15, 0.2) is 5.78 Å². The van der Waals surface area contributed by atoms with Crippen molar-refractivity contribution in [1.82, 2.24) is 9.78 Å². The Bertz CT molecular complexity index is 300. The molecule has 3 heteroatoms. The molecule has 0 saturated heterocycles. The van der Waals surface area contributed by atoms with Gasteiger partial charge in [-0.2, -0.15) is 5.10 Å². The van der Waals surface area contributed by atoms with Gasteiger partial charge in [-0.3, -0.25) is 9.48 Å². The van der Waals surface area contributed by atoms with E-state index in [1.54, 1.807) is 13.1 Å². The molecular weight excluding hydrogens is 176 g/mol. The second-order valence-electron chi connectivity index (χ2n) is 3.69. The average molecular weight is 194 g/mol. The number of hydrogen-bond donors (Lipinski definition) is 0. The van der Waals surface area contributed by atoms with E-state index in [1.165, 1.54) is 0 Å². The van der Waals surface area contributed by atoms with Crippen molar-refractivity contribution in [3.63, 3.8) is 0 Å². The number of hydrogen-bond acceptors (Lipinski definition) is 2. The van der Waals surface area contributed by atoms with Crippen LogP contribution in [0.4, 0.5) is 0 Å². The van der Waals surface area contributed by atoms with Gasteiger partial charge in [-0.15, -0.1) is 0 Å². The zero-order chi connectivity index (χ0) is 10.6. The molecule has 1 aromatic rings. The van der Waals surface area contributed by atoms with Crippen LogP contribution >= 0.6 is 0 Å². The third kappa shape index (κ3) is 2.69. The Labute approximate surface area is 85.1 Å². The fraction of sp³-hybridized carbons (Fsp3) is 0.636. The summed E-state index contributed by atoms with van der Waals surface area (Å²) in [6.45, 7) is 6.85. The molecule has 0 amide bonds. The summed E-state index contributed by atoms with van der Waals surface area (Å²) in [5.41, 5.74) is 0.705. The Morgan fingerprint density at radius 1 is 1.50 bits per heavy atom. The highest BCUT2D eigenvalue weighted by molar-refractivity contribution is 5.93. The lowest BCUT2D eigenvalue weighted by Gasteiger charge is -2.11. The molecule has 0 N–H and O–H groups in total. The summed E-state index contributed by atoms with van der Waals surface area (Å²) in [7, 11) is 0. The fourth-order valence-corrected chi connectivity index (χ4v) is 1.46. The van der Waals surface area contributed by atoms with E-state index in [2.05, 4.69) is 18.9 Å². The molecule has 0 aliphatic carbocycles. The van der Waals surface area contributed by atoms with E-state index in [0.717, 1.165) is 19.4 Å². The zero-order valence-electron chi connectivity index (χ0n) is 9.16. The lowest BCUT2D eigenvalue weighted by Crippen LogP contribution is -2.09. The predicted molar refractivity (Wildman–Crippen MR) is 56.3 cm³/mol. The highest BCUT2D eigenvalue weighted by Gasteiger charge is 2.07. The fourth-order valence-electron chi connectivity index (χ4n) is 1.46. The quantitative estimate of drug-likeness (QED) is 0.675. The molecule has 1 heterocycles. The highest BCUT2D eigenvalue weighted by atomic mass is 16.1. The van der Waals surface area contributed by atoms with Crippen molar-refractivity contribution in [2.45, 2.75) is 40.2 Å². The summed E-state index contributed by atoms with van der Waals surface area (Å²) in [6, 6.07) is 0. The average Bonchev–Trinajstić information content (AvgIpc) is 2.62. The number of carbonyl (C=O) groups is 1. The van der Waals surface area contributed by atoms with Crippen LogP contribution in [-0.4, -0.2) is 15.6 Å². The molecule has 1 rings (SSSR count). The van der Waals surface area contributed by atoms with Crippen molar-refractivity contribution >= 4 is 5.78 Å². The number of nitrogens with zero attached hydrogens (tertiary/aromatic N) is 2. The third-order valence-corrected chi connectivity index (χ3v) is 2.64. The van der Waals surface area contributed by atoms with E-state index in [0.29, 0.717) is 11.5 Å². The number of aromatic nitrogens is 2. The van der Waals surface area contributed by atoms with Gasteiger partial charge in [0.1, 0.15) is 0 Å². The SMILES string of the molecule is CCC(CC)Cn1cc(C(C)=O)cn1. The zero-order valence-corrected chi connectivity index (χ0v) is 9.16. The molecule has 0 radical (unpaired) electrons. The Morgan fingerprint density at radius 3 is 2.57 bits per heavy atom. The second kappa shape index (κ2) is 4.94. The van der Waals surface area contributed by atoms with Gasteiger partial charge in [-0.1, -0.05) is 26.7 Å². The second-order valence-corrected chi connectivity index (χ2v) is 3.69. The molecule has 3 nitrogen and oxygen atoms in total. The first-order valence-corrected chi connectivity index (χ1v) is 5.20. The first-order valence-electron chi connectivity index (χ1n) is 5.20. The van der Waals surface area contributed by atoms with Gasteiger partial charge >= 0.3 is 0 Å². The molecule has 1 aromatic heterocycles. The Balaban J connectivity index is 2.63. The van der Waals surface area contributed by atoms with Crippen molar-refractivity contribution in [3.05, 3.63) is 18.0 Å². The van der Waals surface area contributed by atoms with Crippen molar-refractivity contribution in [2.24, 2.45) is 5.92 Å². The van der Waals surface area contributed by atoms with Gasteiger partial charge in [0.05, 0.1) is 11.8 Å². The van der Waals surface area contributed by atoms with Gasteiger partial charge < -0.3 is 0 Å². The van der Waals surface area contributed by atoms with Crippen molar-refractivity contribution in [1.29, 1.82) is 0 Å². The van der Waals surface area contributed by atoms with Gasteiger partial charge in [0.25, 0.3) is 0 Å². The molecule has 0 fully saturated rings. The molecule has 0 aromatic carbocycles. The summed E-state index contributed by atoms with van der Waals surface area (Å²) >= 11 is 0. The molecule has 0 saturated carbocycles.